The van der Waals surface area contributed by atoms with Gasteiger partial charge in [-0.25, -0.2) is 9.97 Å². The van der Waals surface area contributed by atoms with Crippen LogP contribution in [0.4, 0.5) is 0 Å². The lowest BCUT2D eigenvalue weighted by Gasteiger charge is -2.13. The molecule has 2 aromatic heterocycles. The third kappa shape index (κ3) is 2.23. The van der Waals surface area contributed by atoms with Gasteiger partial charge in [0.2, 0.25) is 0 Å². The van der Waals surface area contributed by atoms with E-state index in [1.807, 2.05) is 6.92 Å². The van der Waals surface area contributed by atoms with Crippen molar-refractivity contribution >= 4 is 45.1 Å². The first-order valence-corrected chi connectivity index (χ1v) is 9.17. The van der Waals surface area contributed by atoms with Gasteiger partial charge < -0.3 is 0 Å². The van der Waals surface area contributed by atoms with Crippen molar-refractivity contribution in [1.29, 1.82) is 0 Å². The molecule has 2 amide bonds. The fourth-order valence-corrected chi connectivity index (χ4v) is 4.80. The fraction of sp³-hybridized carbons (Fsp3) is 0.176. The Morgan fingerprint density at radius 1 is 1.08 bits per heavy atom. The van der Waals surface area contributed by atoms with Crippen LogP contribution in [0.3, 0.4) is 0 Å². The number of carbonyl (C=O) groups is 2. The van der Waals surface area contributed by atoms with E-state index in [1.165, 1.54) is 27.9 Å². The van der Waals surface area contributed by atoms with E-state index in [1.54, 1.807) is 35.6 Å². The van der Waals surface area contributed by atoms with Crippen LogP contribution in [-0.4, -0.2) is 32.6 Å². The zero-order valence-electron chi connectivity index (χ0n) is 13.1. The molecule has 0 bridgehead atoms. The highest BCUT2D eigenvalue weighted by molar-refractivity contribution is 7.99. The Bertz CT molecular complexity index is 962. The number of aromatic nitrogens is 2. The molecule has 7 heteroatoms. The first-order chi connectivity index (χ1) is 11.6. The number of benzene rings is 1. The van der Waals surface area contributed by atoms with Crippen LogP contribution in [0.2, 0.25) is 0 Å². The van der Waals surface area contributed by atoms with Gasteiger partial charge in [-0.15, -0.1) is 11.3 Å². The molecule has 120 valence electrons. The number of fused-ring (bicyclic) bond motifs is 2. The first-order valence-electron chi connectivity index (χ1n) is 7.36. The quantitative estimate of drug-likeness (QED) is 0.408. The second-order valence-electron chi connectivity index (χ2n) is 5.50. The number of hydrogen-bond acceptors (Lipinski definition) is 6. The predicted octanol–water partition coefficient (Wildman–Crippen LogP) is 3.65. The van der Waals surface area contributed by atoms with Crippen LogP contribution in [0, 0.1) is 13.8 Å². The number of nitrogens with zero attached hydrogens (tertiary/aromatic N) is 3. The number of aryl methyl sites for hydroxylation is 2. The Morgan fingerprint density at radius 3 is 2.42 bits per heavy atom. The molecular weight excluding hydrogens is 342 g/mol. The third-order valence-corrected chi connectivity index (χ3v) is 6.22. The molecule has 0 spiro atoms. The van der Waals surface area contributed by atoms with Gasteiger partial charge in [0.15, 0.2) is 0 Å². The number of carbonyl (C=O) groups excluding carboxylic acids is 2. The van der Waals surface area contributed by atoms with Gasteiger partial charge >= 0.3 is 0 Å². The Balaban J connectivity index is 1.63. The largest absolute Gasteiger partial charge is 0.269 e. The van der Waals surface area contributed by atoms with Gasteiger partial charge in [-0.2, -0.15) is 0 Å². The maximum absolute atomic E-state index is 12.4. The molecule has 0 atom stereocenters. The van der Waals surface area contributed by atoms with Crippen molar-refractivity contribution in [3.05, 3.63) is 52.2 Å². The molecule has 5 nitrogen and oxygen atoms in total. The van der Waals surface area contributed by atoms with Gasteiger partial charge in [-0.3, -0.25) is 14.5 Å². The molecule has 3 heterocycles. The highest BCUT2D eigenvalue weighted by Gasteiger charge is 2.35. The minimum absolute atomic E-state index is 0.243. The number of thioether (sulfide) groups is 1. The maximum Gasteiger partial charge on any atom is 0.262 e. The molecule has 0 saturated heterocycles. The maximum atomic E-state index is 12.4. The summed E-state index contributed by atoms with van der Waals surface area (Å²) in [6, 6.07) is 6.92. The van der Waals surface area contributed by atoms with Crippen LogP contribution < -0.4 is 0 Å². The van der Waals surface area contributed by atoms with Gasteiger partial charge in [-0.05, 0) is 31.5 Å². The minimum Gasteiger partial charge on any atom is -0.269 e. The zero-order valence-corrected chi connectivity index (χ0v) is 14.7. The number of thiophene rings is 1. The van der Waals surface area contributed by atoms with E-state index in [2.05, 4.69) is 16.9 Å². The van der Waals surface area contributed by atoms with Crippen molar-refractivity contribution < 1.29 is 9.59 Å². The summed E-state index contributed by atoms with van der Waals surface area (Å²) in [4.78, 5) is 36.9. The summed E-state index contributed by atoms with van der Waals surface area (Å²) in [5, 5.41) is 1.82. The lowest BCUT2D eigenvalue weighted by molar-refractivity contribution is 0.0684. The summed E-state index contributed by atoms with van der Waals surface area (Å²) >= 11 is 3.02. The molecule has 0 saturated carbocycles. The summed E-state index contributed by atoms with van der Waals surface area (Å²) in [7, 11) is 0. The van der Waals surface area contributed by atoms with Crippen molar-refractivity contribution in [2.75, 3.05) is 5.88 Å². The molecule has 0 N–H and O–H groups in total. The van der Waals surface area contributed by atoms with Crippen LogP contribution in [0.25, 0.3) is 10.2 Å². The van der Waals surface area contributed by atoms with E-state index >= 15 is 0 Å². The fourth-order valence-electron chi connectivity index (χ4n) is 2.74. The van der Waals surface area contributed by atoms with E-state index in [9.17, 15) is 9.59 Å². The molecule has 3 aromatic rings. The van der Waals surface area contributed by atoms with Crippen molar-refractivity contribution in [2.24, 2.45) is 0 Å². The lowest BCUT2D eigenvalue weighted by Crippen LogP contribution is -2.29. The Kier molecular flexibility index (Phi) is 3.62. The topological polar surface area (TPSA) is 63.2 Å². The number of rotatable bonds is 3. The predicted molar refractivity (Wildman–Crippen MR) is 94.6 cm³/mol. The van der Waals surface area contributed by atoms with Gasteiger partial charge in [0, 0.05) is 10.3 Å². The van der Waals surface area contributed by atoms with Crippen molar-refractivity contribution in [3.63, 3.8) is 0 Å². The Morgan fingerprint density at radius 2 is 1.75 bits per heavy atom. The van der Waals surface area contributed by atoms with Crippen LogP contribution in [0.15, 0.2) is 35.6 Å². The van der Waals surface area contributed by atoms with Crippen LogP contribution in [-0.2, 0) is 0 Å². The van der Waals surface area contributed by atoms with E-state index in [-0.39, 0.29) is 17.7 Å². The average molecular weight is 355 g/mol. The monoisotopic (exact) mass is 355 g/mol. The highest BCUT2D eigenvalue weighted by atomic mass is 32.2. The molecule has 1 aromatic carbocycles. The van der Waals surface area contributed by atoms with Crippen LogP contribution >= 0.6 is 23.1 Å². The minimum atomic E-state index is -0.244. The van der Waals surface area contributed by atoms with Crippen molar-refractivity contribution in [3.8, 4) is 0 Å². The summed E-state index contributed by atoms with van der Waals surface area (Å²) < 4.78 is 0. The molecule has 1 aliphatic heterocycles. The second kappa shape index (κ2) is 5.68. The van der Waals surface area contributed by atoms with Crippen molar-refractivity contribution in [1.82, 2.24) is 14.9 Å². The summed E-state index contributed by atoms with van der Waals surface area (Å²) in [6.07, 6.45) is 1.53. The highest BCUT2D eigenvalue weighted by Crippen LogP contribution is 2.35. The van der Waals surface area contributed by atoms with Gasteiger partial charge in [0.05, 0.1) is 17.0 Å². The second-order valence-corrected chi connectivity index (χ2v) is 7.64. The first kappa shape index (κ1) is 15.3. The number of imide groups is 1. The summed E-state index contributed by atoms with van der Waals surface area (Å²) in [5.41, 5.74) is 2.09. The molecule has 0 radical (unpaired) electrons. The molecule has 0 aliphatic carbocycles. The smallest absolute Gasteiger partial charge is 0.262 e. The van der Waals surface area contributed by atoms with E-state index < -0.39 is 0 Å². The van der Waals surface area contributed by atoms with Crippen LogP contribution in [0.1, 0.15) is 31.2 Å². The third-order valence-electron chi connectivity index (χ3n) is 4.14. The summed E-state index contributed by atoms with van der Waals surface area (Å²) in [5.74, 6) is -0.245. The van der Waals surface area contributed by atoms with Crippen LogP contribution in [0.5, 0.6) is 0 Å². The standard InChI is InChI=1S/C17H13N3O2S2/c1-9-10(2)24-15-13(9)14(18-7-19-15)23-8-20-16(21)11-5-3-4-6-12(11)17(20)22/h3-7H,8H2,1-2H3. The van der Waals surface area contributed by atoms with E-state index in [0.717, 1.165) is 20.8 Å². The number of amides is 2. The average Bonchev–Trinajstić information content (AvgIpc) is 3.02. The molecular formula is C17H13N3O2S2. The molecule has 0 fully saturated rings. The van der Waals surface area contributed by atoms with Gasteiger partial charge in [0.1, 0.15) is 16.2 Å². The molecule has 4 rings (SSSR count). The Labute approximate surface area is 146 Å². The number of hydrogen-bond donors (Lipinski definition) is 0. The SMILES string of the molecule is Cc1sc2ncnc(SCN3C(=O)c4ccccc4C3=O)c2c1C. The van der Waals surface area contributed by atoms with Crippen molar-refractivity contribution in [2.45, 2.75) is 18.9 Å². The summed E-state index contributed by atoms with van der Waals surface area (Å²) in [6.45, 7) is 4.10. The van der Waals surface area contributed by atoms with E-state index in [0.29, 0.717) is 11.1 Å². The molecule has 24 heavy (non-hydrogen) atoms. The zero-order chi connectivity index (χ0) is 16.8. The Hall–Kier alpha value is -2.25. The molecule has 1 aliphatic rings. The normalized spacial score (nSPS) is 13.8. The van der Waals surface area contributed by atoms with E-state index in [4.69, 9.17) is 0 Å². The molecule has 0 unspecified atom stereocenters. The lowest BCUT2D eigenvalue weighted by atomic mass is 10.1. The van der Waals surface area contributed by atoms with Gasteiger partial charge in [-0.1, -0.05) is 23.9 Å². The van der Waals surface area contributed by atoms with Gasteiger partial charge in [0.25, 0.3) is 11.8 Å².